The second-order valence-electron chi connectivity index (χ2n) is 6.86. The van der Waals surface area contributed by atoms with Gasteiger partial charge in [-0.25, -0.2) is 19.9 Å². The van der Waals surface area contributed by atoms with Crippen LogP contribution in [0.4, 0.5) is 17.5 Å². The first-order chi connectivity index (χ1) is 14.6. The van der Waals surface area contributed by atoms with Crippen molar-refractivity contribution in [1.29, 1.82) is 0 Å². The lowest BCUT2D eigenvalue weighted by Gasteiger charge is -2.35. The van der Waals surface area contributed by atoms with E-state index in [0.717, 1.165) is 11.6 Å². The molecule has 3 aromatic rings. The van der Waals surface area contributed by atoms with E-state index >= 15 is 0 Å². The van der Waals surface area contributed by atoms with E-state index in [1.165, 1.54) is 7.11 Å². The molecule has 9 heteroatoms. The molecular weight excluding hydrogens is 382 g/mol. The molecular formula is C21H23N7O2. The zero-order chi connectivity index (χ0) is 20.9. The zero-order valence-corrected chi connectivity index (χ0v) is 16.9. The summed E-state index contributed by atoms with van der Waals surface area (Å²) in [4.78, 5) is 34.2. The smallest absolute Gasteiger partial charge is 0.254 e. The van der Waals surface area contributed by atoms with E-state index in [9.17, 15) is 4.79 Å². The second kappa shape index (κ2) is 8.73. The molecule has 0 spiro atoms. The minimum atomic E-state index is -0.0216. The van der Waals surface area contributed by atoms with Gasteiger partial charge in [0, 0.05) is 56.3 Å². The molecule has 0 aliphatic carbocycles. The maximum atomic E-state index is 12.8. The summed E-state index contributed by atoms with van der Waals surface area (Å²) in [6, 6.07) is 10.9. The van der Waals surface area contributed by atoms with E-state index in [4.69, 9.17) is 4.74 Å². The van der Waals surface area contributed by atoms with Gasteiger partial charge < -0.3 is 19.9 Å². The van der Waals surface area contributed by atoms with Gasteiger partial charge in [-0.15, -0.1) is 0 Å². The fourth-order valence-electron chi connectivity index (χ4n) is 3.32. The van der Waals surface area contributed by atoms with Crippen LogP contribution in [0.3, 0.4) is 0 Å². The molecule has 0 radical (unpaired) electrons. The molecule has 30 heavy (non-hydrogen) atoms. The molecule has 0 saturated carbocycles. The molecule has 0 aromatic carbocycles. The summed E-state index contributed by atoms with van der Waals surface area (Å²) < 4.78 is 5.12. The van der Waals surface area contributed by atoms with Crippen molar-refractivity contribution < 1.29 is 9.53 Å². The molecule has 1 fully saturated rings. The first kappa shape index (κ1) is 19.6. The molecule has 9 nitrogen and oxygen atoms in total. The number of carbonyl (C=O) groups is 1. The van der Waals surface area contributed by atoms with Crippen molar-refractivity contribution in [3.63, 3.8) is 0 Å². The summed E-state index contributed by atoms with van der Waals surface area (Å²) in [5.74, 6) is 3.34. The zero-order valence-electron chi connectivity index (χ0n) is 16.9. The van der Waals surface area contributed by atoms with Crippen molar-refractivity contribution in [3.05, 3.63) is 60.2 Å². The third-order valence-electron chi connectivity index (χ3n) is 4.83. The van der Waals surface area contributed by atoms with Gasteiger partial charge in [0.15, 0.2) is 0 Å². The summed E-state index contributed by atoms with van der Waals surface area (Å²) >= 11 is 0. The highest BCUT2D eigenvalue weighted by Crippen LogP contribution is 2.21. The van der Waals surface area contributed by atoms with Crippen LogP contribution >= 0.6 is 0 Å². The number of hydrogen-bond donors (Lipinski definition) is 1. The predicted molar refractivity (Wildman–Crippen MR) is 113 cm³/mol. The lowest BCUT2D eigenvalue weighted by molar-refractivity contribution is 0.0746. The SMILES string of the molecule is COc1cc(C(=O)N2CCN(c3cc(Nc4ccccn4)nc(C)n3)CC2)ccn1. The van der Waals surface area contributed by atoms with E-state index in [-0.39, 0.29) is 5.91 Å². The molecule has 1 aliphatic heterocycles. The molecule has 3 aromatic heterocycles. The minimum absolute atomic E-state index is 0.0216. The molecule has 4 rings (SSSR count). The van der Waals surface area contributed by atoms with E-state index in [0.29, 0.717) is 49.3 Å². The average molecular weight is 405 g/mol. The first-order valence-corrected chi connectivity index (χ1v) is 9.70. The third-order valence-corrected chi connectivity index (χ3v) is 4.83. The molecule has 154 valence electrons. The average Bonchev–Trinajstić information content (AvgIpc) is 2.79. The van der Waals surface area contributed by atoms with Crippen LogP contribution < -0.4 is 15.0 Å². The summed E-state index contributed by atoms with van der Waals surface area (Å²) in [5.41, 5.74) is 0.579. The van der Waals surface area contributed by atoms with Gasteiger partial charge in [-0.1, -0.05) is 6.07 Å². The van der Waals surface area contributed by atoms with E-state index in [2.05, 4.69) is 30.2 Å². The van der Waals surface area contributed by atoms with Crippen molar-refractivity contribution in [1.82, 2.24) is 24.8 Å². The van der Waals surface area contributed by atoms with Gasteiger partial charge in [-0.05, 0) is 25.1 Å². The number of hydrogen-bond acceptors (Lipinski definition) is 8. The van der Waals surface area contributed by atoms with Crippen LogP contribution in [0.5, 0.6) is 5.88 Å². The number of methoxy groups -OCH3 is 1. The van der Waals surface area contributed by atoms with Crippen LogP contribution in [-0.2, 0) is 0 Å². The lowest BCUT2D eigenvalue weighted by Crippen LogP contribution is -2.49. The topological polar surface area (TPSA) is 96.4 Å². The monoisotopic (exact) mass is 405 g/mol. The third kappa shape index (κ3) is 4.45. The predicted octanol–water partition coefficient (Wildman–Crippen LogP) is 2.29. The lowest BCUT2D eigenvalue weighted by atomic mass is 10.2. The Labute approximate surface area is 174 Å². The molecule has 4 heterocycles. The molecule has 0 atom stereocenters. The number of piperazine rings is 1. The summed E-state index contributed by atoms with van der Waals surface area (Å²) in [7, 11) is 1.54. The van der Waals surface area contributed by atoms with E-state index in [1.807, 2.05) is 36.1 Å². The van der Waals surface area contributed by atoms with Crippen molar-refractivity contribution in [2.45, 2.75) is 6.92 Å². The largest absolute Gasteiger partial charge is 0.481 e. The number of anilines is 3. The van der Waals surface area contributed by atoms with Crippen LogP contribution in [0.2, 0.25) is 0 Å². The summed E-state index contributed by atoms with van der Waals surface area (Å²) in [5, 5.41) is 3.21. The summed E-state index contributed by atoms with van der Waals surface area (Å²) in [6.07, 6.45) is 3.31. The van der Waals surface area contributed by atoms with Crippen LogP contribution in [0.15, 0.2) is 48.8 Å². The molecule has 0 unspecified atom stereocenters. The molecule has 1 aliphatic rings. The Balaban J connectivity index is 1.43. The van der Waals surface area contributed by atoms with E-state index < -0.39 is 0 Å². The number of ether oxygens (including phenoxy) is 1. The van der Waals surface area contributed by atoms with Gasteiger partial charge >= 0.3 is 0 Å². The Morgan fingerprint density at radius 1 is 1.00 bits per heavy atom. The molecule has 1 N–H and O–H groups in total. The number of rotatable bonds is 5. The number of nitrogens with zero attached hydrogens (tertiary/aromatic N) is 6. The normalized spacial score (nSPS) is 13.8. The highest BCUT2D eigenvalue weighted by molar-refractivity contribution is 5.94. The Kier molecular flexibility index (Phi) is 5.69. The molecule has 0 bridgehead atoms. The Bertz CT molecular complexity index is 1020. The highest BCUT2D eigenvalue weighted by atomic mass is 16.5. The van der Waals surface area contributed by atoms with Gasteiger partial charge in [-0.2, -0.15) is 0 Å². The van der Waals surface area contributed by atoms with Gasteiger partial charge in [0.1, 0.15) is 23.3 Å². The van der Waals surface area contributed by atoms with Crippen molar-refractivity contribution >= 4 is 23.4 Å². The fraction of sp³-hybridized carbons (Fsp3) is 0.286. The maximum Gasteiger partial charge on any atom is 0.254 e. The van der Waals surface area contributed by atoms with Crippen LogP contribution in [0, 0.1) is 6.92 Å². The number of nitrogens with one attached hydrogen (secondary N) is 1. The van der Waals surface area contributed by atoms with Crippen molar-refractivity contribution in [2.24, 2.45) is 0 Å². The van der Waals surface area contributed by atoms with Crippen LogP contribution in [0.25, 0.3) is 0 Å². The van der Waals surface area contributed by atoms with Gasteiger partial charge in [0.2, 0.25) is 5.88 Å². The molecule has 1 amide bonds. The number of aryl methyl sites for hydroxylation is 1. The first-order valence-electron chi connectivity index (χ1n) is 9.70. The standard InChI is InChI=1S/C21H23N7O2/c1-15-24-18(26-17-5-3-4-7-22-17)14-19(25-15)27-9-11-28(12-10-27)21(29)16-6-8-23-20(13-16)30-2/h3-8,13-14H,9-12H2,1-2H3,(H,22,24,25,26). The Morgan fingerprint density at radius 2 is 1.83 bits per heavy atom. The fourth-order valence-corrected chi connectivity index (χ4v) is 3.32. The Morgan fingerprint density at radius 3 is 2.57 bits per heavy atom. The van der Waals surface area contributed by atoms with Gasteiger partial charge in [0.05, 0.1) is 7.11 Å². The number of aromatic nitrogens is 4. The maximum absolute atomic E-state index is 12.8. The highest BCUT2D eigenvalue weighted by Gasteiger charge is 2.24. The quantitative estimate of drug-likeness (QED) is 0.691. The summed E-state index contributed by atoms with van der Waals surface area (Å²) in [6.45, 7) is 4.45. The van der Waals surface area contributed by atoms with Crippen molar-refractivity contribution in [3.8, 4) is 5.88 Å². The van der Waals surface area contributed by atoms with Gasteiger partial charge in [-0.3, -0.25) is 4.79 Å². The molecule has 1 saturated heterocycles. The van der Waals surface area contributed by atoms with E-state index in [1.54, 1.807) is 24.5 Å². The number of amides is 1. The Hall–Kier alpha value is -3.75. The minimum Gasteiger partial charge on any atom is -0.481 e. The number of carbonyl (C=O) groups excluding carboxylic acids is 1. The number of pyridine rings is 2. The van der Waals surface area contributed by atoms with Gasteiger partial charge in [0.25, 0.3) is 5.91 Å². The van der Waals surface area contributed by atoms with Crippen LogP contribution in [-0.4, -0.2) is 64.0 Å². The van der Waals surface area contributed by atoms with Crippen LogP contribution in [0.1, 0.15) is 16.2 Å². The second-order valence-corrected chi connectivity index (χ2v) is 6.86. The van der Waals surface area contributed by atoms with Crippen molar-refractivity contribution in [2.75, 3.05) is 43.5 Å².